The molecule has 0 aromatic heterocycles. The molecule has 1 atom stereocenters. The number of ketones is 1. The molecule has 1 aliphatic heterocycles. The van der Waals surface area contributed by atoms with Gasteiger partial charge in [0, 0.05) is 41.4 Å². The molecule has 0 amide bonds. The zero-order valence-corrected chi connectivity index (χ0v) is 19.6. The standard InChI is InChI=1S/C27H28N2O5/c1-17-23(26(31)34-14-13-18-9-5-4-6-10-18)24(19-11-7-8-12-21(19)29(32)33)25-20(28-17)15-27(2,3)16-22(25)30/h4-12,24,28H,13-16H2,1-3H3. The SMILES string of the molecule is CC1=C(C(=O)OCCc2ccccc2)C(c2ccccc2[N+](=O)[O-])C2=C(CC(C)(C)CC2=O)N1. The highest BCUT2D eigenvalue weighted by atomic mass is 16.6. The molecule has 1 N–H and O–H groups in total. The second kappa shape index (κ2) is 9.25. The van der Waals surface area contributed by atoms with Gasteiger partial charge in [0.25, 0.3) is 5.69 Å². The van der Waals surface area contributed by atoms with Crippen LogP contribution >= 0.6 is 0 Å². The van der Waals surface area contributed by atoms with Gasteiger partial charge in [0.15, 0.2) is 5.78 Å². The number of ether oxygens (including phenoxy) is 1. The molecule has 0 spiro atoms. The molecule has 0 saturated heterocycles. The van der Waals surface area contributed by atoms with Crippen LogP contribution in [0.3, 0.4) is 0 Å². The number of hydrogen-bond acceptors (Lipinski definition) is 6. The van der Waals surface area contributed by atoms with E-state index in [1.165, 1.54) is 6.07 Å². The number of esters is 1. The summed E-state index contributed by atoms with van der Waals surface area (Å²) in [5.41, 5.74) is 2.94. The van der Waals surface area contributed by atoms with Crippen molar-refractivity contribution in [2.75, 3.05) is 6.61 Å². The van der Waals surface area contributed by atoms with Crippen LogP contribution in [0.25, 0.3) is 0 Å². The summed E-state index contributed by atoms with van der Waals surface area (Å²) in [5.74, 6) is -1.54. The van der Waals surface area contributed by atoms with E-state index in [0.717, 1.165) is 11.3 Å². The van der Waals surface area contributed by atoms with E-state index < -0.39 is 16.8 Å². The Labute approximate surface area is 198 Å². The average molecular weight is 461 g/mol. The van der Waals surface area contributed by atoms with Crippen LogP contribution in [0.4, 0.5) is 5.69 Å². The van der Waals surface area contributed by atoms with Crippen molar-refractivity contribution in [1.82, 2.24) is 5.32 Å². The molecule has 2 aromatic rings. The summed E-state index contributed by atoms with van der Waals surface area (Å²) in [4.78, 5) is 38.1. The van der Waals surface area contributed by atoms with Crippen molar-refractivity contribution in [2.45, 2.75) is 46.0 Å². The third kappa shape index (κ3) is 4.64. The Bertz CT molecular complexity index is 1210. The summed E-state index contributed by atoms with van der Waals surface area (Å²) in [7, 11) is 0. The van der Waals surface area contributed by atoms with Crippen LogP contribution in [0.2, 0.25) is 0 Å². The van der Waals surface area contributed by atoms with Crippen molar-refractivity contribution in [1.29, 1.82) is 0 Å². The van der Waals surface area contributed by atoms with Crippen LogP contribution < -0.4 is 5.32 Å². The predicted molar refractivity (Wildman–Crippen MR) is 128 cm³/mol. The smallest absolute Gasteiger partial charge is 0.336 e. The number of allylic oxidation sites excluding steroid dienone is 3. The molecule has 2 aromatic carbocycles. The number of benzene rings is 2. The zero-order chi connectivity index (χ0) is 24.5. The van der Waals surface area contributed by atoms with Gasteiger partial charge in [-0.05, 0) is 24.3 Å². The summed E-state index contributed by atoms with van der Waals surface area (Å²) in [5, 5.41) is 15.1. The molecule has 2 aliphatic rings. The van der Waals surface area contributed by atoms with Crippen molar-refractivity contribution in [3.8, 4) is 0 Å². The van der Waals surface area contributed by atoms with E-state index in [4.69, 9.17) is 4.74 Å². The maximum Gasteiger partial charge on any atom is 0.336 e. The summed E-state index contributed by atoms with van der Waals surface area (Å²) in [6, 6.07) is 16.0. The lowest BCUT2D eigenvalue weighted by molar-refractivity contribution is -0.385. The Hall–Kier alpha value is -3.74. The van der Waals surface area contributed by atoms with Crippen molar-refractivity contribution in [3.63, 3.8) is 0 Å². The number of carbonyl (C=O) groups is 2. The number of nitrogens with one attached hydrogen (secondary N) is 1. The van der Waals surface area contributed by atoms with E-state index in [1.54, 1.807) is 25.1 Å². The number of nitrogens with zero attached hydrogens (tertiary/aromatic N) is 1. The highest BCUT2D eigenvalue weighted by Crippen LogP contribution is 2.48. The van der Waals surface area contributed by atoms with E-state index in [9.17, 15) is 19.7 Å². The molecule has 0 bridgehead atoms. The van der Waals surface area contributed by atoms with Gasteiger partial charge < -0.3 is 10.1 Å². The van der Waals surface area contributed by atoms with Crippen LogP contribution in [0.1, 0.15) is 50.7 Å². The molecule has 34 heavy (non-hydrogen) atoms. The van der Waals surface area contributed by atoms with Crippen molar-refractivity contribution < 1.29 is 19.2 Å². The zero-order valence-electron chi connectivity index (χ0n) is 19.6. The third-order valence-corrected chi connectivity index (χ3v) is 6.37. The minimum absolute atomic E-state index is 0.107. The molecule has 0 fully saturated rings. The van der Waals surface area contributed by atoms with Gasteiger partial charge in [0.2, 0.25) is 0 Å². The maximum absolute atomic E-state index is 13.3. The summed E-state index contributed by atoms with van der Waals surface area (Å²) in [6.45, 7) is 5.95. The highest BCUT2D eigenvalue weighted by Gasteiger charge is 2.44. The summed E-state index contributed by atoms with van der Waals surface area (Å²) in [6.07, 6.45) is 1.46. The first-order chi connectivity index (χ1) is 16.2. The first-order valence-electron chi connectivity index (χ1n) is 11.4. The van der Waals surface area contributed by atoms with Crippen LogP contribution in [0, 0.1) is 15.5 Å². The van der Waals surface area contributed by atoms with E-state index in [1.807, 2.05) is 44.2 Å². The van der Waals surface area contributed by atoms with Crippen LogP contribution in [0.5, 0.6) is 0 Å². The fraction of sp³-hybridized carbons (Fsp3) is 0.333. The monoisotopic (exact) mass is 460 g/mol. The van der Waals surface area contributed by atoms with Gasteiger partial charge in [-0.3, -0.25) is 14.9 Å². The minimum Gasteiger partial charge on any atom is -0.462 e. The summed E-state index contributed by atoms with van der Waals surface area (Å²) >= 11 is 0. The molecule has 176 valence electrons. The predicted octanol–water partition coefficient (Wildman–Crippen LogP) is 4.98. The van der Waals surface area contributed by atoms with Crippen molar-refractivity contribution in [3.05, 3.63) is 98.4 Å². The molecule has 7 nitrogen and oxygen atoms in total. The number of carbonyl (C=O) groups excluding carboxylic acids is 2. The lowest BCUT2D eigenvalue weighted by atomic mass is 9.68. The fourth-order valence-corrected chi connectivity index (χ4v) is 4.90. The average Bonchev–Trinajstić information content (AvgIpc) is 2.77. The topological polar surface area (TPSA) is 98.5 Å². The molecule has 7 heteroatoms. The lowest BCUT2D eigenvalue weighted by Crippen LogP contribution is -2.39. The van der Waals surface area contributed by atoms with Gasteiger partial charge >= 0.3 is 5.97 Å². The Morgan fingerprint density at radius 3 is 2.50 bits per heavy atom. The molecular weight excluding hydrogens is 432 g/mol. The highest BCUT2D eigenvalue weighted by molar-refractivity contribution is 6.04. The van der Waals surface area contributed by atoms with Gasteiger partial charge in [-0.15, -0.1) is 0 Å². The number of nitro groups is 1. The second-order valence-corrected chi connectivity index (χ2v) is 9.62. The molecule has 1 heterocycles. The van der Waals surface area contributed by atoms with E-state index in [-0.39, 0.29) is 29.1 Å². The summed E-state index contributed by atoms with van der Waals surface area (Å²) < 4.78 is 5.62. The molecule has 0 saturated carbocycles. The first-order valence-corrected chi connectivity index (χ1v) is 11.4. The lowest BCUT2D eigenvalue weighted by Gasteiger charge is -2.39. The van der Waals surface area contributed by atoms with Gasteiger partial charge in [-0.2, -0.15) is 0 Å². The fourth-order valence-electron chi connectivity index (χ4n) is 4.90. The normalized spacial score (nSPS) is 19.4. The number of dihydropyridines is 1. The number of para-hydroxylation sites is 1. The molecule has 4 rings (SSSR count). The maximum atomic E-state index is 13.3. The van der Waals surface area contributed by atoms with Crippen LogP contribution in [-0.4, -0.2) is 23.3 Å². The third-order valence-electron chi connectivity index (χ3n) is 6.37. The Balaban J connectivity index is 1.73. The number of rotatable bonds is 6. The minimum atomic E-state index is -0.856. The number of Topliss-reactive ketones (excluding diaryl/α,β-unsaturated/α-hetero) is 1. The Morgan fingerprint density at radius 2 is 1.79 bits per heavy atom. The van der Waals surface area contributed by atoms with Gasteiger partial charge in [-0.1, -0.05) is 62.4 Å². The van der Waals surface area contributed by atoms with E-state index in [0.29, 0.717) is 36.1 Å². The Kier molecular flexibility index (Phi) is 6.37. The van der Waals surface area contributed by atoms with Crippen LogP contribution in [0.15, 0.2) is 77.1 Å². The van der Waals surface area contributed by atoms with Gasteiger partial charge in [0.1, 0.15) is 0 Å². The first kappa shape index (κ1) is 23.4. The van der Waals surface area contributed by atoms with Crippen molar-refractivity contribution in [2.24, 2.45) is 5.41 Å². The van der Waals surface area contributed by atoms with Crippen LogP contribution in [-0.2, 0) is 20.7 Å². The molecule has 1 aliphatic carbocycles. The van der Waals surface area contributed by atoms with E-state index >= 15 is 0 Å². The number of nitro benzene ring substituents is 1. The molecule has 1 unspecified atom stereocenters. The van der Waals surface area contributed by atoms with Gasteiger partial charge in [-0.25, -0.2) is 4.79 Å². The molecular formula is C27H28N2O5. The molecule has 0 radical (unpaired) electrons. The quantitative estimate of drug-likeness (QED) is 0.371. The Morgan fingerprint density at radius 1 is 1.12 bits per heavy atom. The largest absolute Gasteiger partial charge is 0.462 e. The second-order valence-electron chi connectivity index (χ2n) is 9.62. The van der Waals surface area contributed by atoms with Gasteiger partial charge in [0.05, 0.1) is 23.0 Å². The number of hydrogen-bond donors (Lipinski definition) is 1. The van der Waals surface area contributed by atoms with E-state index in [2.05, 4.69) is 5.32 Å². The van der Waals surface area contributed by atoms with Crippen molar-refractivity contribution >= 4 is 17.4 Å².